The van der Waals surface area contributed by atoms with E-state index in [0.29, 0.717) is 31.6 Å². The molecule has 2 aromatic carbocycles. The van der Waals surface area contributed by atoms with Crippen molar-refractivity contribution in [3.8, 4) is 0 Å². The van der Waals surface area contributed by atoms with Crippen molar-refractivity contribution < 1.29 is 18.0 Å². The maximum atomic E-state index is 13.5. The van der Waals surface area contributed by atoms with Gasteiger partial charge in [-0.05, 0) is 61.4 Å². The zero-order valence-electron chi connectivity index (χ0n) is 23.0. The minimum atomic E-state index is -3.51. The molecular weight excluding hydrogens is 486 g/mol. The van der Waals surface area contributed by atoms with Crippen molar-refractivity contribution in [3.63, 3.8) is 0 Å². The Labute approximate surface area is 223 Å². The van der Waals surface area contributed by atoms with E-state index in [1.807, 2.05) is 57.2 Å². The van der Waals surface area contributed by atoms with Crippen molar-refractivity contribution in [2.24, 2.45) is 0 Å². The minimum absolute atomic E-state index is 0.143. The second-order valence-corrected chi connectivity index (χ2v) is 11.4. The maximum Gasteiger partial charge on any atom is 0.242 e. The summed E-state index contributed by atoms with van der Waals surface area (Å²) in [7, 11) is -3.51. The van der Waals surface area contributed by atoms with Crippen molar-refractivity contribution in [1.82, 2.24) is 10.2 Å². The van der Waals surface area contributed by atoms with Crippen molar-refractivity contribution in [2.45, 2.75) is 78.8 Å². The lowest BCUT2D eigenvalue weighted by Gasteiger charge is -2.31. The Hall–Kier alpha value is -2.87. The number of carbonyl (C=O) groups excluding carboxylic acids is 2. The highest BCUT2D eigenvalue weighted by atomic mass is 32.2. The van der Waals surface area contributed by atoms with Crippen LogP contribution in [0.4, 0.5) is 5.69 Å². The number of aryl methyl sites for hydroxylation is 2. The first-order valence-electron chi connectivity index (χ1n) is 13.3. The number of anilines is 1. The molecule has 0 saturated heterocycles. The Morgan fingerprint density at radius 1 is 0.973 bits per heavy atom. The molecule has 204 valence electrons. The molecule has 0 unspecified atom stereocenters. The molecule has 37 heavy (non-hydrogen) atoms. The van der Waals surface area contributed by atoms with Gasteiger partial charge >= 0.3 is 0 Å². The standard InChI is InChI=1S/C29H43N3O4S/c1-6-9-20-30-29(34)27(8-3)31(22-25-14-11-10-13-23(25)4)28(33)15-12-21-32(37(5,35)36)26-18-16-24(7-2)17-19-26/h10-11,13-14,16-19,27H,6-9,12,15,20-22H2,1-5H3,(H,30,34)/t27-/m0/s1. The van der Waals surface area contributed by atoms with E-state index in [4.69, 9.17) is 0 Å². The van der Waals surface area contributed by atoms with Gasteiger partial charge in [-0.25, -0.2) is 8.42 Å². The van der Waals surface area contributed by atoms with Gasteiger partial charge in [0.2, 0.25) is 21.8 Å². The summed E-state index contributed by atoms with van der Waals surface area (Å²) >= 11 is 0. The molecule has 7 nitrogen and oxygen atoms in total. The monoisotopic (exact) mass is 529 g/mol. The van der Waals surface area contributed by atoms with E-state index in [1.54, 1.807) is 17.0 Å². The van der Waals surface area contributed by atoms with Gasteiger partial charge in [-0.1, -0.05) is 63.6 Å². The first-order valence-corrected chi connectivity index (χ1v) is 15.1. The van der Waals surface area contributed by atoms with E-state index in [1.165, 1.54) is 10.6 Å². The quantitative estimate of drug-likeness (QED) is 0.335. The van der Waals surface area contributed by atoms with Crippen molar-refractivity contribution in [2.75, 3.05) is 23.7 Å². The Morgan fingerprint density at radius 3 is 2.22 bits per heavy atom. The average molecular weight is 530 g/mol. The minimum Gasteiger partial charge on any atom is -0.354 e. The van der Waals surface area contributed by atoms with Crippen molar-refractivity contribution in [3.05, 3.63) is 65.2 Å². The largest absolute Gasteiger partial charge is 0.354 e. The van der Waals surface area contributed by atoms with Crippen LogP contribution < -0.4 is 9.62 Å². The molecule has 0 aliphatic rings. The number of amides is 2. The summed E-state index contributed by atoms with van der Waals surface area (Å²) in [4.78, 5) is 28.2. The number of rotatable bonds is 15. The summed E-state index contributed by atoms with van der Waals surface area (Å²) in [6, 6.07) is 14.7. The average Bonchev–Trinajstić information content (AvgIpc) is 2.87. The molecule has 8 heteroatoms. The SMILES string of the molecule is CCCCNC(=O)[C@H](CC)N(Cc1ccccc1C)C(=O)CCCN(c1ccc(CC)cc1)S(C)(=O)=O. The van der Waals surface area contributed by atoms with Crippen molar-refractivity contribution >= 4 is 27.5 Å². The summed E-state index contributed by atoms with van der Waals surface area (Å²) in [6.45, 7) is 9.12. The summed E-state index contributed by atoms with van der Waals surface area (Å²) in [6.07, 6.45) is 4.89. The molecule has 2 amide bonds. The fourth-order valence-electron chi connectivity index (χ4n) is 4.30. The highest BCUT2D eigenvalue weighted by Gasteiger charge is 2.29. The predicted octanol–water partition coefficient (Wildman–Crippen LogP) is 4.83. The number of unbranched alkanes of at least 4 members (excludes halogenated alkanes) is 1. The molecule has 1 N–H and O–H groups in total. The molecule has 0 spiro atoms. The number of hydrogen-bond donors (Lipinski definition) is 1. The van der Waals surface area contributed by atoms with E-state index >= 15 is 0 Å². The van der Waals surface area contributed by atoms with Gasteiger partial charge in [0.05, 0.1) is 11.9 Å². The van der Waals surface area contributed by atoms with Crippen LogP contribution in [0.3, 0.4) is 0 Å². The number of nitrogens with one attached hydrogen (secondary N) is 1. The van der Waals surface area contributed by atoms with Gasteiger partial charge in [0.25, 0.3) is 0 Å². The van der Waals surface area contributed by atoms with Crippen LogP contribution in [0.1, 0.15) is 69.6 Å². The second kappa shape index (κ2) is 14.8. The summed E-state index contributed by atoms with van der Waals surface area (Å²) in [5.41, 5.74) is 3.76. The first kappa shape index (κ1) is 30.4. The number of carbonyl (C=O) groups is 2. The molecular formula is C29H43N3O4S. The Balaban J connectivity index is 2.20. The lowest BCUT2D eigenvalue weighted by molar-refractivity contribution is -0.141. The van der Waals surface area contributed by atoms with Gasteiger partial charge in [-0.15, -0.1) is 0 Å². The topological polar surface area (TPSA) is 86.8 Å². The number of sulfonamides is 1. The molecule has 0 bridgehead atoms. The van der Waals surface area contributed by atoms with Crippen LogP contribution in [0, 0.1) is 6.92 Å². The zero-order chi connectivity index (χ0) is 27.4. The first-order chi connectivity index (χ1) is 17.6. The molecule has 0 aromatic heterocycles. The normalized spacial score (nSPS) is 12.1. The van der Waals surface area contributed by atoms with Crippen LogP contribution >= 0.6 is 0 Å². The third-order valence-electron chi connectivity index (χ3n) is 6.60. The summed E-state index contributed by atoms with van der Waals surface area (Å²) < 4.78 is 26.4. The van der Waals surface area contributed by atoms with E-state index in [2.05, 4.69) is 12.2 Å². The van der Waals surface area contributed by atoms with Crippen LogP contribution in [0.25, 0.3) is 0 Å². The van der Waals surface area contributed by atoms with Gasteiger partial charge < -0.3 is 10.2 Å². The maximum absolute atomic E-state index is 13.5. The molecule has 2 aromatic rings. The van der Waals surface area contributed by atoms with Crippen LogP contribution in [0.2, 0.25) is 0 Å². The molecule has 0 heterocycles. The molecule has 2 rings (SSSR count). The van der Waals surface area contributed by atoms with E-state index in [0.717, 1.165) is 36.0 Å². The summed E-state index contributed by atoms with van der Waals surface area (Å²) in [5, 5.41) is 2.97. The Bertz CT molecular complexity index is 1120. The molecule has 0 aliphatic carbocycles. The molecule has 1 atom stereocenters. The van der Waals surface area contributed by atoms with Crippen LogP contribution in [0.15, 0.2) is 48.5 Å². The second-order valence-electron chi connectivity index (χ2n) is 9.48. The van der Waals surface area contributed by atoms with Crippen LogP contribution in [0.5, 0.6) is 0 Å². The van der Waals surface area contributed by atoms with E-state index in [-0.39, 0.29) is 24.8 Å². The van der Waals surface area contributed by atoms with Gasteiger partial charge in [-0.2, -0.15) is 0 Å². The number of hydrogen-bond acceptors (Lipinski definition) is 4. The van der Waals surface area contributed by atoms with Crippen molar-refractivity contribution in [1.29, 1.82) is 0 Å². The molecule has 0 aliphatic heterocycles. The van der Waals surface area contributed by atoms with E-state index in [9.17, 15) is 18.0 Å². The third-order valence-corrected chi connectivity index (χ3v) is 7.80. The third kappa shape index (κ3) is 9.18. The molecule has 0 fully saturated rings. The number of benzene rings is 2. The Kier molecular flexibility index (Phi) is 12.1. The number of nitrogens with zero attached hydrogens (tertiary/aromatic N) is 2. The molecule has 0 saturated carbocycles. The van der Waals surface area contributed by atoms with Gasteiger partial charge in [0, 0.05) is 26.1 Å². The van der Waals surface area contributed by atoms with Gasteiger partial charge in [0.1, 0.15) is 6.04 Å². The highest BCUT2D eigenvalue weighted by molar-refractivity contribution is 7.92. The lowest BCUT2D eigenvalue weighted by Crippen LogP contribution is -2.49. The van der Waals surface area contributed by atoms with Crippen LogP contribution in [-0.2, 0) is 32.6 Å². The molecule has 0 radical (unpaired) electrons. The smallest absolute Gasteiger partial charge is 0.242 e. The van der Waals surface area contributed by atoms with Gasteiger partial charge in [0.15, 0.2) is 0 Å². The predicted molar refractivity (Wildman–Crippen MR) is 151 cm³/mol. The van der Waals surface area contributed by atoms with Crippen LogP contribution in [-0.4, -0.2) is 50.5 Å². The fourth-order valence-corrected chi connectivity index (χ4v) is 5.26. The fraction of sp³-hybridized carbons (Fsp3) is 0.517. The Morgan fingerprint density at radius 2 is 1.65 bits per heavy atom. The summed E-state index contributed by atoms with van der Waals surface area (Å²) in [5.74, 6) is -0.304. The zero-order valence-corrected chi connectivity index (χ0v) is 23.8. The highest BCUT2D eigenvalue weighted by Crippen LogP contribution is 2.21. The van der Waals surface area contributed by atoms with E-state index < -0.39 is 16.1 Å². The van der Waals surface area contributed by atoms with Gasteiger partial charge in [-0.3, -0.25) is 13.9 Å². The lowest BCUT2D eigenvalue weighted by atomic mass is 10.1.